The Hall–Kier alpha value is -0.0800. The summed E-state index contributed by atoms with van der Waals surface area (Å²) in [5, 5.41) is 3.76. The number of nitrogens with zero attached hydrogens (tertiary/aromatic N) is 1. The molecule has 1 aliphatic heterocycles. The summed E-state index contributed by atoms with van der Waals surface area (Å²) < 4.78 is 0. The number of piperidine rings is 1. The van der Waals surface area contributed by atoms with E-state index in [4.69, 9.17) is 0 Å². The minimum atomic E-state index is 0.464. The van der Waals surface area contributed by atoms with Crippen LogP contribution in [0.2, 0.25) is 0 Å². The van der Waals surface area contributed by atoms with E-state index in [0.717, 1.165) is 12.1 Å². The molecule has 2 unspecified atom stereocenters. The second-order valence-corrected chi connectivity index (χ2v) is 7.23. The van der Waals surface area contributed by atoms with E-state index in [9.17, 15) is 0 Å². The van der Waals surface area contributed by atoms with Gasteiger partial charge in [0, 0.05) is 25.2 Å². The van der Waals surface area contributed by atoms with Crippen LogP contribution in [-0.4, -0.2) is 36.6 Å². The maximum absolute atomic E-state index is 3.76. The molecule has 2 heteroatoms. The maximum atomic E-state index is 3.76. The molecule has 2 nitrogen and oxygen atoms in total. The highest BCUT2D eigenvalue weighted by atomic mass is 15.2. The van der Waals surface area contributed by atoms with Gasteiger partial charge in [-0.1, -0.05) is 33.6 Å². The monoisotopic (exact) mass is 266 g/mol. The lowest BCUT2D eigenvalue weighted by molar-refractivity contribution is 0.0796. The van der Waals surface area contributed by atoms with Crippen molar-refractivity contribution in [3.05, 3.63) is 0 Å². The molecule has 0 bridgehead atoms. The van der Waals surface area contributed by atoms with E-state index >= 15 is 0 Å². The summed E-state index contributed by atoms with van der Waals surface area (Å²) >= 11 is 0. The summed E-state index contributed by atoms with van der Waals surface area (Å²) in [7, 11) is 0. The second kappa shape index (κ2) is 7.08. The Morgan fingerprint density at radius 2 is 1.95 bits per heavy atom. The van der Waals surface area contributed by atoms with Crippen LogP contribution in [0.25, 0.3) is 0 Å². The summed E-state index contributed by atoms with van der Waals surface area (Å²) in [6.45, 7) is 11.0. The summed E-state index contributed by atoms with van der Waals surface area (Å²) in [5.41, 5.74) is 0.464. The van der Waals surface area contributed by atoms with Gasteiger partial charge < -0.3 is 5.32 Å². The first kappa shape index (κ1) is 15.3. The second-order valence-electron chi connectivity index (χ2n) is 7.23. The van der Waals surface area contributed by atoms with Crippen molar-refractivity contribution in [3.8, 4) is 0 Å². The molecule has 1 heterocycles. The van der Waals surface area contributed by atoms with Crippen molar-refractivity contribution in [2.24, 2.45) is 5.41 Å². The number of hydrogen-bond donors (Lipinski definition) is 1. The van der Waals surface area contributed by atoms with Crippen molar-refractivity contribution < 1.29 is 0 Å². The van der Waals surface area contributed by atoms with Gasteiger partial charge in [-0.05, 0) is 50.5 Å². The molecule has 2 fully saturated rings. The number of rotatable bonds is 8. The van der Waals surface area contributed by atoms with Crippen LogP contribution in [0.3, 0.4) is 0 Å². The van der Waals surface area contributed by atoms with E-state index in [1.54, 1.807) is 0 Å². The molecule has 0 aromatic carbocycles. The highest BCUT2D eigenvalue weighted by Gasteiger charge is 2.32. The molecule has 1 saturated heterocycles. The number of nitrogens with one attached hydrogen (secondary N) is 1. The maximum Gasteiger partial charge on any atom is 0.00954 e. The highest BCUT2D eigenvalue weighted by molar-refractivity contribution is 4.88. The fourth-order valence-corrected chi connectivity index (χ4v) is 3.39. The first-order valence-electron chi connectivity index (χ1n) is 8.64. The van der Waals surface area contributed by atoms with E-state index in [0.29, 0.717) is 5.41 Å². The van der Waals surface area contributed by atoms with Crippen LogP contribution in [0.15, 0.2) is 0 Å². The van der Waals surface area contributed by atoms with Gasteiger partial charge in [0.25, 0.3) is 0 Å². The zero-order valence-corrected chi connectivity index (χ0v) is 13.4. The molecular weight excluding hydrogens is 232 g/mol. The zero-order valence-electron chi connectivity index (χ0n) is 13.4. The minimum Gasteiger partial charge on any atom is -0.313 e. The number of hydrogen-bond acceptors (Lipinski definition) is 2. The van der Waals surface area contributed by atoms with Gasteiger partial charge in [0.2, 0.25) is 0 Å². The van der Waals surface area contributed by atoms with Gasteiger partial charge in [-0.25, -0.2) is 0 Å². The van der Waals surface area contributed by atoms with Crippen molar-refractivity contribution in [1.82, 2.24) is 10.2 Å². The van der Waals surface area contributed by atoms with Gasteiger partial charge in [0.1, 0.15) is 0 Å². The van der Waals surface area contributed by atoms with Gasteiger partial charge in [0.05, 0.1) is 0 Å². The summed E-state index contributed by atoms with van der Waals surface area (Å²) in [6.07, 6.45) is 11.1. The van der Waals surface area contributed by atoms with Crippen LogP contribution in [0, 0.1) is 5.41 Å². The largest absolute Gasteiger partial charge is 0.313 e. The molecule has 19 heavy (non-hydrogen) atoms. The Labute approximate surface area is 120 Å². The van der Waals surface area contributed by atoms with E-state index < -0.39 is 0 Å². The average molecular weight is 266 g/mol. The molecule has 0 aromatic heterocycles. The topological polar surface area (TPSA) is 15.3 Å². The highest BCUT2D eigenvalue weighted by Crippen LogP contribution is 2.29. The molecule has 0 spiro atoms. The lowest BCUT2D eigenvalue weighted by Gasteiger charge is -2.42. The summed E-state index contributed by atoms with van der Waals surface area (Å²) in [5.74, 6) is 0. The first-order chi connectivity index (χ1) is 9.17. The summed E-state index contributed by atoms with van der Waals surface area (Å²) in [4.78, 5) is 2.81. The Bertz CT molecular complexity index is 260. The SMILES string of the molecule is CCCC1CCCCN1CC(C)(CC)CNC1CC1. The smallest absolute Gasteiger partial charge is 0.00954 e. The predicted molar refractivity (Wildman–Crippen MR) is 83.5 cm³/mol. The van der Waals surface area contributed by atoms with E-state index in [1.165, 1.54) is 71.0 Å². The third-order valence-electron chi connectivity index (χ3n) is 5.20. The van der Waals surface area contributed by atoms with Crippen LogP contribution in [0.1, 0.15) is 72.1 Å². The van der Waals surface area contributed by atoms with Crippen LogP contribution < -0.4 is 5.32 Å². The van der Waals surface area contributed by atoms with Gasteiger partial charge in [-0.15, -0.1) is 0 Å². The molecule has 2 rings (SSSR count). The Morgan fingerprint density at radius 3 is 2.58 bits per heavy atom. The Balaban J connectivity index is 1.86. The Kier molecular flexibility index (Phi) is 5.70. The normalized spacial score (nSPS) is 28.3. The van der Waals surface area contributed by atoms with E-state index in [2.05, 4.69) is 31.0 Å². The van der Waals surface area contributed by atoms with Crippen LogP contribution in [0.5, 0.6) is 0 Å². The first-order valence-corrected chi connectivity index (χ1v) is 8.64. The third-order valence-corrected chi connectivity index (χ3v) is 5.20. The van der Waals surface area contributed by atoms with Crippen molar-refractivity contribution >= 4 is 0 Å². The molecule has 2 aliphatic rings. The molecule has 1 saturated carbocycles. The molecule has 1 N–H and O–H groups in total. The molecule has 0 aromatic rings. The van der Waals surface area contributed by atoms with Crippen LogP contribution in [-0.2, 0) is 0 Å². The zero-order chi connectivity index (χ0) is 13.7. The fraction of sp³-hybridized carbons (Fsp3) is 1.00. The van der Waals surface area contributed by atoms with Gasteiger partial charge in [-0.3, -0.25) is 4.90 Å². The standard InChI is InChI=1S/C17H34N2/c1-4-8-16-9-6-7-12-19(16)14-17(3,5-2)13-18-15-10-11-15/h15-16,18H,4-14H2,1-3H3. The number of likely N-dealkylation sites (tertiary alicyclic amines) is 1. The lowest BCUT2D eigenvalue weighted by atomic mass is 9.84. The van der Waals surface area contributed by atoms with Crippen molar-refractivity contribution in [2.75, 3.05) is 19.6 Å². The van der Waals surface area contributed by atoms with E-state index in [1.807, 2.05) is 0 Å². The van der Waals surface area contributed by atoms with Gasteiger partial charge in [0.15, 0.2) is 0 Å². The molecule has 1 aliphatic carbocycles. The quantitative estimate of drug-likeness (QED) is 0.718. The van der Waals surface area contributed by atoms with Gasteiger partial charge >= 0.3 is 0 Å². The van der Waals surface area contributed by atoms with Crippen molar-refractivity contribution in [2.45, 2.75) is 84.2 Å². The molecular formula is C17H34N2. The van der Waals surface area contributed by atoms with E-state index in [-0.39, 0.29) is 0 Å². The molecule has 112 valence electrons. The minimum absolute atomic E-state index is 0.464. The van der Waals surface area contributed by atoms with Crippen molar-refractivity contribution in [3.63, 3.8) is 0 Å². The summed E-state index contributed by atoms with van der Waals surface area (Å²) in [6, 6.07) is 1.71. The third kappa shape index (κ3) is 4.75. The van der Waals surface area contributed by atoms with Gasteiger partial charge in [-0.2, -0.15) is 0 Å². The van der Waals surface area contributed by atoms with Crippen molar-refractivity contribution in [1.29, 1.82) is 0 Å². The molecule has 0 amide bonds. The van der Waals surface area contributed by atoms with Crippen LogP contribution >= 0.6 is 0 Å². The Morgan fingerprint density at radius 1 is 1.16 bits per heavy atom. The molecule has 0 radical (unpaired) electrons. The average Bonchev–Trinajstić information content (AvgIpc) is 3.23. The fourth-order valence-electron chi connectivity index (χ4n) is 3.39. The lowest BCUT2D eigenvalue weighted by Crippen LogP contribution is -2.48. The predicted octanol–water partition coefficient (Wildman–Crippen LogP) is 3.81. The molecule has 2 atom stereocenters. The van der Waals surface area contributed by atoms with Crippen LogP contribution in [0.4, 0.5) is 0 Å².